The second-order valence-corrected chi connectivity index (χ2v) is 11.1. The summed E-state index contributed by atoms with van der Waals surface area (Å²) in [6.45, 7) is 0. The van der Waals surface area contributed by atoms with Gasteiger partial charge in [-0.15, -0.1) is 0 Å². The van der Waals surface area contributed by atoms with Crippen molar-refractivity contribution in [3.05, 3.63) is 185 Å². The number of ether oxygens (including phenoxy) is 1. The van der Waals surface area contributed by atoms with Gasteiger partial charge in [-0.3, -0.25) is 4.99 Å². The largest absolute Gasteiger partial charge is 0.457 e. The fourth-order valence-corrected chi connectivity index (χ4v) is 7.22. The van der Waals surface area contributed by atoms with Gasteiger partial charge in [-0.05, 0) is 58.1 Å². The smallest absolute Gasteiger partial charge is 0.145 e. The number of para-hydroxylation sites is 2. The molecule has 0 aromatic heterocycles. The molecule has 6 aromatic rings. The summed E-state index contributed by atoms with van der Waals surface area (Å²) in [6, 6.07) is 51.7. The highest BCUT2D eigenvalue weighted by molar-refractivity contribution is 6.17. The van der Waals surface area contributed by atoms with Crippen LogP contribution in [0.25, 0.3) is 11.1 Å². The van der Waals surface area contributed by atoms with Crippen LogP contribution in [0, 0.1) is 0 Å². The fraction of sp³-hybridized carbons (Fsp3) is 0.0513. The van der Waals surface area contributed by atoms with Crippen LogP contribution in [0.5, 0.6) is 11.5 Å². The van der Waals surface area contributed by atoms with Crippen LogP contribution in [0.3, 0.4) is 0 Å². The average Bonchev–Trinajstić information content (AvgIpc) is 3.36. The monoisotopic (exact) mass is 538 g/mol. The van der Waals surface area contributed by atoms with E-state index >= 15 is 0 Å². The van der Waals surface area contributed by atoms with Crippen LogP contribution in [0.4, 0.5) is 5.69 Å². The highest BCUT2D eigenvalue weighted by atomic mass is 16.5. The average molecular weight is 539 g/mol. The van der Waals surface area contributed by atoms with Gasteiger partial charge in [0.1, 0.15) is 17.7 Å². The molecule has 42 heavy (non-hydrogen) atoms. The number of benzene rings is 6. The Morgan fingerprint density at radius 2 is 1.12 bits per heavy atom. The van der Waals surface area contributed by atoms with E-state index in [2.05, 4.69) is 145 Å². The summed E-state index contributed by atoms with van der Waals surface area (Å²) in [5.74, 6) is 1.78. The molecule has 3 aliphatic rings. The first kappa shape index (κ1) is 23.3. The van der Waals surface area contributed by atoms with Gasteiger partial charge in [0.05, 0.1) is 11.1 Å². The molecule has 1 atom stereocenters. The Balaban J connectivity index is 1.33. The predicted octanol–water partition coefficient (Wildman–Crippen LogP) is 9.12. The second kappa shape index (κ2) is 8.79. The number of fused-ring (bicyclic) bond motifs is 10. The summed E-state index contributed by atoms with van der Waals surface area (Å²) >= 11 is 0. The van der Waals surface area contributed by atoms with Gasteiger partial charge in [0, 0.05) is 27.9 Å². The minimum absolute atomic E-state index is 0.175. The standard InChI is InChI=1S/C39H26N2O/c1-2-12-25(13-3-1)38-40-34-20-10-6-16-29(34)37(41-38)26-22-23-36-33(24-26)39(32-19-9-11-21-35(32)42-36)30-17-7-4-14-27(30)28-15-5-8-18-31(28)39/h1-24,38,40H. The number of nitrogens with one attached hydrogen (secondary N) is 1. The SMILES string of the molecule is c1ccc(C2N=C(c3ccc4c(c3)C3(c5ccccc5O4)c4ccccc4-c4ccccc43)c3ccccc3N2)cc1. The van der Waals surface area contributed by atoms with Crippen molar-refractivity contribution in [2.75, 3.05) is 5.32 Å². The van der Waals surface area contributed by atoms with Crippen molar-refractivity contribution in [1.82, 2.24) is 0 Å². The fourth-order valence-electron chi connectivity index (χ4n) is 7.22. The van der Waals surface area contributed by atoms with Gasteiger partial charge in [0.15, 0.2) is 0 Å². The van der Waals surface area contributed by atoms with Crippen molar-refractivity contribution in [2.24, 2.45) is 4.99 Å². The highest BCUT2D eigenvalue weighted by Gasteiger charge is 2.51. The third kappa shape index (κ3) is 3.13. The molecular weight excluding hydrogens is 512 g/mol. The minimum Gasteiger partial charge on any atom is -0.457 e. The molecule has 0 amide bonds. The lowest BCUT2D eigenvalue weighted by Crippen LogP contribution is -2.32. The third-order valence-corrected chi connectivity index (χ3v) is 8.97. The lowest BCUT2D eigenvalue weighted by molar-refractivity contribution is 0.436. The summed E-state index contributed by atoms with van der Waals surface area (Å²) in [4.78, 5) is 5.33. The Hall–Kier alpha value is -5.41. The summed E-state index contributed by atoms with van der Waals surface area (Å²) < 4.78 is 6.64. The van der Waals surface area contributed by atoms with E-state index in [0.29, 0.717) is 0 Å². The molecule has 0 radical (unpaired) electrons. The highest BCUT2D eigenvalue weighted by Crippen LogP contribution is 2.62. The molecule has 0 bridgehead atoms. The second-order valence-electron chi connectivity index (χ2n) is 11.1. The lowest BCUT2D eigenvalue weighted by Gasteiger charge is -2.39. The van der Waals surface area contributed by atoms with E-state index in [1.165, 1.54) is 27.8 Å². The Labute approximate surface area is 244 Å². The van der Waals surface area contributed by atoms with Crippen LogP contribution in [-0.4, -0.2) is 5.71 Å². The molecule has 2 aliphatic heterocycles. The molecule has 0 saturated carbocycles. The first-order valence-electron chi connectivity index (χ1n) is 14.4. The molecular formula is C39H26N2O. The van der Waals surface area contributed by atoms with Crippen LogP contribution in [0.2, 0.25) is 0 Å². The molecule has 0 fully saturated rings. The van der Waals surface area contributed by atoms with Crippen LogP contribution in [0.1, 0.15) is 45.1 Å². The Morgan fingerprint density at radius 1 is 0.524 bits per heavy atom. The van der Waals surface area contributed by atoms with Crippen molar-refractivity contribution >= 4 is 11.4 Å². The van der Waals surface area contributed by atoms with Crippen molar-refractivity contribution in [1.29, 1.82) is 0 Å². The summed E-state index contributed by atoms with van der Waals surface area (Å²) in [5, 5.41) is 3.65. The van der Waals surface area contributed by atoms with Crippen molar-refractivity contribution < 1.29 is 4.74 Å². The predicted molar refractivity (Wildman–Crippen MR) is 169 cm³/mol. The normalized spacial score (nSPS) is 16.6. The molecule has 1 aliphatic carbocycles. The first-order valence-corrected chi connectivity index (χ1v) is 14.4. The zero-order valence-electron chi connectivity index (χ0n) is 22.8. The molecule has 6 aromatic carbocycles. The molecule has 2 heterocycles. The number of anilines is 1. The van der Waals surface area contributed by atoms with E-state index in [9.17, 15) is 0 Å². The van der Waals surface area contributed by atoms with Crippen LogP contribution in [0.15, 0.2) is 151 Å². The lowest BCUT2D eigenvalue weighted by atomic mass is 9.65. The summed E-state index contributed by atoms with van der Waals surface area (Å²) in [5.41, 5.74) is 12.3. The number of hydrogen-bond acceptors (Lipinski definition) is 3. The van der Waals surface area contributed by atoms with Crippen molar-refractivity contribution in [2.45, 2.75) is 11.6 Å². The Kier molecular flexibility index (Phi) is 4.88. The molecule has 1 N–H and O–H groups in total. The molecule has 3 heteroatoms. The van der Waals surface area contributed by atoms with E-state index in [-0.39, 0.29) is 6.17 Å². The minimum atomic E-state index is -0.501. The zero-order chi connectivity index (χ0) is 27.7. The molecule has 3 nitrogen and oxygen atoms in total. The third-order valence-electron chi connectivity index (χ3n) is 8.97. The van der Waals surface area contributed by atoms with Crippen molar-refractivity contribution in [3.8, 4) is 22.6 Å². The van der Waals surface area contributed by atoms with Gasteiger partial charge in [-0.25, -0.2) is 0 Å². The van der Waals surface area contributed by atoms with Gasteiger partial charge in [-0.2, -0.15) is 0 Å². The summed E-state index contributed by atoms with van der Waals surface area (Å²) in [7, 11) is 0. The van der Waals surface area contributed by atoms with Gasteiger partial charge >= 0.3 is 0 Å². The Morgan fingerprint density at radius 3 is 1.88 bits per heavy atom. The van der Waals surface area contributed by atoms with E-state index in [1.54, 1.807) is 0 Å². The first-order chi connectivity index (χ1) is 20.8. The molecule has 9 rings (SSSR count). The molecule has 1 spiro atoms. The number of aliphatic imine (C=N–C) groups is 1. The topological polar surface area (TPSA) is 33.6 Å². The molecule has 0 saturated heterocycles. The van der Waals surface area contributed by atoms with Crippen LogP contribution >= 0.6 is 0 Å². The number of hydrogen-bond donors (Lipinski definition) is 1. The Bertz CT molecular complexity index is 2010. The summed E-state index contributed by atoms with van der Waals surface area (Å²) in [6.07, 6.45) is -0.175. The maximum Gasteiger partial charge on any atom is 0.145 e. The number of nitrogens with zero attached hydrogens (tertiary/aromatic N) is 1. The van der Waals surface area contributed by atoms with Crippen LogP contribution in [-0.2, 0) is 5.41 Å². The van der Waals surface area contributed by atoms with Crippen LogP contribution < -0.4 is 10.1 Å². The maximum atomic E-state index is 6.64. The van der Waals surface area contributed by atoms with Gasteiger partial charge in [-0.1, -0.05) is 115 Å². The number of rotatable bonds is 2. The zero-order valence-corrected chi connectivity index (χ0v) is 22.8. The maximum absolute atomic E-state index is 6.64. The van der Waals surface area contributed by atoms with E-state index in [0.717, 1.165) is 45.2 Å². The molecule has 1 unspecified atom stereocenters. The van der Waals surface area contributed by atoms with Gasteiger partial charge < -0.3 is 10.1 Å². The van der Waals surface area contributed by atoms with E-state index < -0.39 is 5.41 Å². The van der Waals surface area contributed by atoms with E-state index in [1.807, 2.05) is 6.07 Å². The van der Waals surface area contributed by atoms with Crippen molar-refractivity contribution in [3.63, 3.8) is 0 Å². The molecule has 198 valence electrons. The quantitative estimate of drug-likeness (QED) is 0.238. The van der Waals surface area contributed by atoms with Gasteiger partial charge in [0.2, 0.25) is 0 Å². The van der Waals surface area contributed by atoms with E-state index in [4.69, 9.17) is 9.73 Å². The van der Waals surface area contributed by atoms with Gasteiger partial charge in [0.25, 0.3) is 0 Å².